The van der Waals surface area contributed by atoms with E-state index in [0.29, 0.717) is 64.2 Å². The molecule has 3 heterocycles. The smallest absolute Gasteiger partial charge is 0.251 e. The monoisotopic (exact) mass is 510 g/mol. The number of ether oxygens (including phenoxy) is 2. The van der Waals surface area contributed by atoms with Crippen molar-refractivity contribution in [3.8, 4) is 22.8 Å². The fraction of sp³-hybridized carbons (Fsp3) is 0.179. The molecule has 10 heteroatoms. The number of rotatable bonds is 8. The second-order valence-electron chi connectivity index (χ2n) is 8.61. The van der Waals surface area contributed by atoms with Gasteiger partial charge in [0.25, 0.3) is 5.91 Å². The molecule has 0 bridgehead atoms. The van der Waals surface area contributed by atoms with E-state index in [1.54, 1.807) is 63.1 Å². The van der Waals surface area contributed by atoms with Crippen molar-refractivity contribution in [3.63, 3.8) is 0 Å². The third-order valence-electron chi connectivity index (χ3n) is 6.11. The highest BCUT2D eigenvalue weighted by Crippen LogP contribution is 2.35. The molecule has 1 aliphatic heterocycles. The summed E-state index contributed by atoms with van der Waals surface area (Å²) >= 11 is 0. The van der Waals surface area contributed by atoms with Gasteiger partial charge >= 0.3 is 0 Å². The molecule has 192 valence electrons. The van der Waals surface area contributed by atoms with E-state index in [0.717, 1.165) is 5.56 Å². The number of methoxy groups -OCH3 is 2. The Bertz CT molecular complexity index is 1490. The van der Waals surface area contributed by atoms with Gasteiger partial charge in [0.1, 0.15) is 0 Å². The summed E-state index contributed by atoms with van der Waals surface area (Å²) in [5, 5.41) is 9.03. The van der Waals surface area contributed by atoms with Crippen molar-refractivity contribution in [1.29, 1.82) is 0 Å². The summed E-state index contributed by atoms with van der Waals surface area (Å²) < 4.78 is 10.7. The number of fused-ring (bicyclic) bond motifs is 3. The zero-order chi connectivity index (χ0) is 26.5. The SMILES string of the molecule is COc1ccc(Nc2ncc3c(n2)-c2cc(C(=O)NCCc4ccncc4)ccc2NC(=O)C3)cc1OC. The number of pyridine rings is 1. The molecule has 0 saturated carbocycles. The lowest BCUT2D eigenvalue weighted by molar-refractivity contribution is -0.115. The van der Waals surface area contributed by atoms with Crippen LogP contribution in [0.3, 0.4) is 0 Å². The molecular formula is C28H26N6O4. The Labute approximate surface area is 219 Å². The average molecular weight is 511 g/mol. The molecule has 38 heavy (non-hydrogen) atoms. The minimum atomic E-state index is -0.211. The van der Waals surface area contributed by atoms with Crippen LogP contribution in [0.5, 0.6) is 11.5 Å². The maximum atomic E-state index is 12.9. The van der Waals surface area contributed by atoms with Crippen LogP contribution in [0.4, 0.5) is 17.3 Å². The van der Waals surface area contributed by atoms with E-state index < -0.39 is 0 Å². The van der Waals surface area contributed by atoms with Crippen molar-refractivity contribution in [2.75, 3.05) is 31.4 Å². The van der Waals surface area contributed by atoms with Gasteiger partial charge in [0.15, 0.2) is 11.5 Å². The molecule has 0 aliphatic carbocycles. The van der Waals surface area contributed by atoms with E-state index in [4.69, 9.17) is 14.5 Å². The van der Waals surface area contributed by atoms with E-state index in [9.17, 15) is 9.59 Å². The number of benzene rings is 2. The van der Waals surface area contributed by atoms with Gasteiger partial charge in [0.05, 0.1) is 32.0 Å². The number of hydrogen-bond acceptors (Lipinski definition) is 8. The molecular weight excluding hydrogens is 484 g/mol. The van der Waals surface area contributed by atoms with Crippen LogP contribution in [0.15, 0.2) is 67.1 Å². The maximum absolute atomic E-state index is 12.9. The molecule has 3 N–H and O–H groups in total. The van der Waals surface area contributed by atoms with Gasteiger partial charge in [-0.05, 0) is 54.4 Å². The Balaban J connectivity index is 1.41. The molecule has 0 unspecified atom stereocenters. The van der Waals surface area contributed by atoms with Crippen LogP contribution in [0.2, 0.25) is 0 Å². The van der Waals surface area contributed by atoms with Gasteiger partial charge in [-0.15, -0.1) is 0 Å². The van der Waals surface area contributed by atoms with E-state index >= 15 is 0 Å². The first-order valence-corrected chi connectivity index (χ1v) is 12.0. The van der Waals surface area contributed by atoms with Gasteiger partial charge in [-0.1, -0.05) is 0 Å². The van der Waals surface area contributed by atoms with E-state index in [2.05, 4.69) is 25.9 Å². The Morgan fingerprint density at radius 2 is 1.84 bits per heavy atom. The van der Waals surface area contributed by atoms with Crippen LogP contribution in [0, 0.1) is 0 Å². The van der Waals surface area contributed by atoms with E-state index in [1.807, 2.05) is 18.2 Å². The summed E-state index contributed by atoms with van der Waals surface area (Å²) in [6.45, 7) is 0.481. The van der Waals surface area contributed by atoms with Gasteiger partial charge in [-0.25, -0.2) is 9.97 Å². The highest BCUT2D eigenvalue weighted by molar-refractivity contribution is 6.03. The minimum absolute atomic E-state index is 0.119. The lowest BCUT2D eigenvalue weighted by Crippen LogP contribution is -2.25. The van der Waals surface area contributed by atoms with Gasteiger partial charge in [-0.3, -0.25) is 14.6 Å². The molecule has 0 saturated heterocycles. The second-order valence-corrected chi connectivity index (χ2v) is 8.61. The van der Waals surface area contributed by atoms with Gasteiger partial charge < -0.3 is 25.4 Å². The van der Waals surface area contributed by atoms with Crippen molar-refractivity contribution < 1.29 is 19.1 Å². The number of aromatic nitrogens is 3. The quantitative estimate of drug-likeness (QED) is 0.327. The summed E-state index contributed by atoms with van der Waals surface area (Å²) in [4.78, 5) is 38.6. The molecule has 0 atom stereocenters. The number of nitrogens with one attached hydrogen (secondary N) is 3. The molecule has 0 spiro atoms. The Hall–Kier alpha value is -4.99. The summed E-state index contributed by atoms with van der Waals surface area (Å²) in [7, 11) is 3.14. The van der Waals surface area contributed by atoms with Gasteiger partial charge in [0, 0.05) is 53.6 Å². The Morgan fingerprint density at radius 3 is 2.63 bits per heavy atom. The summed E-state index contributed by atoms with van der Waals surface area (Å²) in [5.74, 6) is 1.11. The highest BCUT2D eigenvalue weighted by atomic mass is 16.5. The van der Waals surface area contributed by atoms with Crippen molar-refractivity contribution in [2.24, 2.45) is 0 Å². The number of hydrogen-bond donors (Lipinski definition) is 3. The molecule has 1 aliphatic rings. The molecule has 2 aromatic carbocycles. The molecule has 0 fully saturated rings. The van der Waals surface area contributed by atoms with Crippen molar-refractivity contribution in [1.82, 2.24) is 20.3 Å². The zero-order valence-electron chi connectivity index (χ0n) is 20.9. The number of amides is 2. The summed E-state index contributed by atoms with van der Waals surface area (Å²) in [5.41, 5.74) is 4.71. The third-order valence-corrected chi connectivity index (χ3v) is 6.11. The van der Waals surface area contributed by atoms with Gasteiger partial charge in [-0.2, -0.15) is 0 Å². The maximum Gasteiger partial charge on any atom is 0.251 e. The zero-order valence-corrected chi connectivity index (χ0v) is 20.9. The summed E-state index contributed by atoms with van der Waals surface area (Å²) in [6.07, 6.45) is 5.89. The van der Waals surface area contributed by atoms with Crippen molar-refractivity contribution in [3.05, 3.63) is 83.8 Å². The number of carbonyl (C=O) groups excluding carboxylic acids is 2. The fourth-order valence-corrected chi connectivity index (χ4v) is 4.20. The van der Waals surface area contributed by atoms with E-state index in [-0.39, 0.29) is 18.2 Å². The van der Waals surface area contributed by atoms with Crippen molar-refractivity contribution >= 4 is 29.1 Å². The third kappa shape index (κ3) is 5.39. The van der Waals surface area contributed by atoms with Crippen LogP contribution in [-0.2, 0) is 17.6 Å². The van der Waals surface area contributed by atoms with Crippen LogP contribution in [0.1, 0.15) is 21.5 Å². The molecule has 10 nitrogen and oxygen atoms in total. The largest absolute Gasteiger partial charge is 0.493 e. The van der Waals surface area contributed by atoms with Crippen molar-refractivity contribution in [2.45, 2.75) is 12.8 Å². The lowest BCUT2D eigenvalue weighted by Gasteiger charge is -2.13. The summed E-state index contributed by atoms with van der Waals surface area (Å²) in [6, 6.07) is 14.4. The number of anilines is 3. The molecule has 5 rings (SSSR count). The fourth-order valence-electron chi connectivity index (χ4n) is 4.20. The predicted octanol–water partition coefficient (Wildman–Crippen LogP) is 3.77. The first-order chi connectivity index (χ1) is 18.5. The topological polar surface area (TPSA) is 127 Å². The van der Waals surface area contributed by atoms with Crippen LogP contribution < -0.4 is 25.4 Å². The Morgan fingerprint density at radius 1 is 1.03 bits per heavy atom. The number of nitrogens with zero attached hydrogens (tertiary/aromatic N) is 3. The lowest BCUT2D eigenvalue weighted by atomic mass is 10.0. The first kappa shape index (κ1) is 24.7. The molecule has 2 amide bonds. The molecule has 0 radical (unpaired) electrons. The average Bonchev–Trinajstić information content (AvgIpc) is 3.08. The first-order valence-electron chi connectivity index (χ1n) is 12.0. The number of carbonyl (C=O) groups is 2. The highest BCUT2D eigenvalue weighted by Gasteiger charge is 2.22. The van der Waals surface area contributed by atoms with Gasteiger partial charge in [0.2, 0.25) is 11.9 Å². The van der Waals surface area contributed by atoms with Crippen LogP contribution in [-0.4, -0.2) is 47.5 Å². The molecule has 4 aromatic rings. The predicted molar refractivity (Wildman–Crippen MR) is 143 cm³/mol. The van der Waals surface area contributed by atoms with Crippen LogP contribution >= 0.6 is 0 Å². The minimum Gasteiger partial charge on any atom is -0.493 e. The second kappa shape index (κ2) is 11.0. The normalized spacial score (nSPS) is 11.9. The van der Waals surface area contributed by atoms with Crippen LogP contribution in [0.25, 0.3) is 11.3 Å². The van der Waals surface area contributed by atoms with E-state index in [1.165, 1.54) is 0 Å². The molecule has 2 aromatic heterocycles. The Kier molecular flexibility index (Phi) is 7.12. The standard InChI is InChI=1S/C28H26N6O4/c1-37-23-6-4-20(15-24(23)38-2)32-28-31-16-19-14-25(35)33-22-5-3-18(13-21(22)26(19)34-28)27(36)30-12-9-17-7-10-29-11-8-17/h3-8,10-11,13,15-16H,9,12,14H2,1-2H3,(H,30,36)(H,33,35)(H,31,32,34).